The number of nitrogens with one attached hydrogen (secondary N) is 3. The molecule has 4 aliphatic heterocycles. The van der Waals surface area contributed by atoms with Crippen molar-refractivity contribution in [3.05, 3.63) is 143 Å². The number of thiol groups is 1. The van der Waals surface area contributed by atoms with E-state index in [-0.39, 0.29) is 63.7 Å². The minimum atomic E-state index is -4.26. The van der Waals surface area contributed by atoms with Crippen molar-refractivity contribution in [3.8, 4) is 34.0 Å². The molecule has 13 rings (SSSR count). The minimum Gasteiger partial charge on any atom is -0.492 e. The average Bonchev–Trinajstić information content (AvgIpc) is 1.93. The number of hydrogen-bond donors (Lipinski definition) is 8. The maximum Gasteiger partial charge on any atom is 0.343 e. The van der Waals surface area contributed by atoms with E-state index in [0.29, 0.717) is 30.1 Å². The van der Waals surface area contributed by atoms with Crippen molar-refractivity contribution in [2.24, 2.45) is 0 Å². The molecule has 0 unspecified atom stereocenters. The van der Waals surface area contributed by atoms with Gasteiger partial charge in [0.15, 0.2) is 35.1 Å². The Balaban J connectivity index is 0.692. The first-order valence-electron chi connectivity index (χ1n) is 26.7. The molecule has 4 aromatic carbocycles. The van der Waals surface area contributed by atoms with Gasteiger partial charge in [-0.2, -0.15) is 4.98 Å². The number of para-hydroxylation sites is 1. The van der Waals surface area contributed by atoms with Gasteiger partial charge in [-0.25, -0.2) is 39.6 Å². The molecule has 5 aromatic heterocycles. The zero-order valence-corrected chi connectivity index (χ0v) is 48.5. The Morgan fingerprint density at radius 1 is 0.802 bits per heavy atom. The lowest BCUT2D eigenvalue weighted by Gasteiger charge is -2.31. The highest BCUT2D eigenvalue weighted by molar-refractivity contribution is 8.55. The maximum atomic E-state index is 15.4. The van der Waals surface area contributed by atoms with E-state index in [1.165, 1.54) is 28.1 Å². The number of H-pyrrole nitrogens is 1. The molecule has 1 amide bonds. The molecule has 3 fully saturated rings. The molecule has 0 saturated carbocycles. The van der Waals surface area contributed by atoms with Crippen LogP contribution in [0.2, 0.25) is 0 Å². The number of carbonyl (C=O) groups excluding carboxylic acids is 2. The smallest absolute Gasteiger partial charge is 0.343 e. The monoisotopic (exact) mass is 1250 g/mol. The number of aromatic nitrogens is 11. The third-order valence-electron chi connectivity index (χ3n) is 14.9. The molecule has 0 radical (unpaired) electrons. The fourth-order valence-electron chi connectivity index (χ4n) is 10.8. The van der Waals surface area contributed by atoms with Crippen LogP contribution in [0, 0.1) is 0 Å². The molecular formula is C53H52N16O13P2S2. The quantitative estimate of drug-likeness (QED) is 0.0374. The number of nitrogens with zero attached hydrogens (tertiary/aromatic N) is 11. The van der Waals surface area contributed by atoms with Gasteiger partial charge in [-0.1, -0.05) is 72.1 Å². The van der Waals surface area contributed by atoms with Gasteiger partial charge in [0.2, 0.25) is 11.9 Å². The zero-order valence-electron chi connectivity index (χ0n) is 45.0. The van der Waals surface area contributed by atoms with E-state index in [2.05, 4.69) is 62.6 Å². The number of carbonyl (C=O) groups is 2. The molecule has 3 saturated heterocycles. The van der Waals surface area contributed by atoms with E-state index in [1.807, 2.05) is 48.5 Å². The third kappa shape index (κ3) is 11.0. The molecule has 9 N–H and O–H groups in total. The summed E-state index contributed by atoms with van der Waals surface area (Å²) in [5, 5.41) is 38.7. The SMILES string of the molecule is CC(=O)N1Cc2ccccc2-c2c(nnn2CCOc2ccc(C(=O)Oc3ccc(CS[P@]4(=O)N[C@H]5[C@@H](O)[C@H](n6cnc7c(=O)[nH]c(N)nc76)O[C@@H]5CO[P@@](=O)(S)N[C@@H]5[C@@H](O)[C@H](n6cnc7c(N)ncnc76)O[C@@H]5CO4)cc3)cc2)-c2ccccc21. The number of hydrogen-bond acceptors (Lipinski definition) is 23. The summed E-state index contributed by atoms with van der Waals surface area (Å²) in [6.45, 7) is -6.99. The highest BCUT2D eigenvalue weighted by Gasteiger charge is 2.52. The van der Waals surface area contributed by atoms with Crippen molar-refractivity contribution in [1.29, 1.82) is 0 Å². The summed E-state index contributed by atoms with van der Waals surface area (Å²) in [6.07, 6.45) is -4.25. The van der Waals surface area contributed by atoms with Gasteiger partial charge in [0, 0.05) is 23.8 Å². The van der Waals surface area contributed by atoms with E-state index >= 15 is 4.57 Å². The molecule has 0 spiro atoms. The molecule has 444 valence electrons. The van der Waals surface area contributed by atoms with Gasteiger partial charge in [-0.15, -0.1) is 5.10 Å². The van der Waals surface area contributed by atoms with Crippen LogP contribution < -0.4 is 41.6 Å². The number of aromatic amines is 1. The number of nitrogen functional groups attached to an aromatic ring is 2. The van der Waals surface area contributed by atoms with Crippen molar-refractivity contribution >= 4 is 88.7 Å². The lowest BCUT2D eigenvalue weighted by atomic mass is 9.95. The topological polar surface area (TPSA) is 381 Å². The van der Waals surface area contributed by atoms with Gasteiger partial charge in [0.05, 0.1) is 68.0 Å². The van der Waals surface area contributed by atoms with Crippen LogP contribution in [0.3, 0.4) is 0 Å². The molecule has 10 atom stereocenters. The van der Waals surface area contributed by atoms with E-state index in [1.54, 1.807) is 65.0 Å². The van der Waals surface area contributed by atoms with E-state index in [9.17, 15) is 29.2 Å². The van der Waals surface area contributed by atoms with Gasteiger partial charge in [0.1, 0.15) is 60.1 Å². The fourth-order valence-corrected chi connectivity index (χ4v) is 16.2. The first-order chi connectivity index (χ1) is 41.5. The van der Waals surface area contributed by atoms with Crippen LogP contribution in [0.5, 0.6) is 11.5 Å². The van der Waals surface area contributed by atoms with Crippen LogP contribution in [0.4, 0.5) is 17.5 Å². The summed E-state index contributed by atoms with van der Waals surface area (Å²) in [4.78, 5) is 64.0. The number of imidazole rings is 2. The lowest BCUT2D eigenvalue weighted by Crippen LogP contribution is -2.47. The van der Waals surface area contributed by atoms with Crippen LogP contribution in [-0.4, -0.2) is 132 Å². The van der Waals surface area contributed by atoms with Crippen LogP contribution in [0.25, 0.3) is 44.8 Å². The number of ether oxygens (including phenoxy) is 4. The zero-order chi connectivity index (χ0) is 59.6. The largest absolute Gasteiger partial charge is 0.492 e. The standard InChI is InChI=1S/C53H52N16O13P2S2/c1-27(70)66-20-30-6-2-3-7-33(30)43-38(34-8-4-5-9-35(34)66)62-65-69(43)18-19-77-31-16-12-29(13-17-31)52(74)80-32-14-10-28(11-15-32)23-86-84(76)64-40-36(81-51(45(40)72)68-26-59-42-48(68)60-53(55)61-49(42)73)21-78-83(75,85)63-39-37(22-79-84)82-50(44(39)71)67-25-58-41-46(54)56-24-57-47(41)67/h2-17,24-26,36-37,39-40,44-45,50-51,71-72H,18-23H2,1H3,(H,64,76)(H2,54,56,57)(H2,63,75,85)(H3,55,60,61,73)/t36-,37-,39+,40-,44-,45-,50-,51-,83-,84+/m1/s1. The minimum absolute atomic E-state index is 0.0271. The third-order valence-corrected chi connectivity index (χ3v) is 20.7. The van der Waals surface area contributed by atoms with Gasteiger partial charge in [-0.3, -0.25) is 32.8 Å². The Kier molecular flexibility index (Phi) is 15.3. The predicted octanol–water partition coefficient (Wildman–Crippen LogP) is 4.77. The second kappa shape index (κ2) is 23.1. The predicted molar refractivity (Wildman–Crippen MR) is 314 cm³/mol. The number of benzene rings is 4. The second-order valence-electron chi connectivity index (χ2n) is 20.4. The average molecular weight is 1250 g/mol. The number of aliphatic hydroxyl groups is 2. The van der Waals surface area contributed by atoms with Crippen molar-refractivity contribution in [2.45, 2.75) is 74.7 Å². The number of anilines is 3. The van der Waals surface area contributed by atoms with E-state index < -0.39 is 87.1 Å². The highest BCUT2D eigenvalue weighted by Crippen LogP contribution is 2.60. The van der Waals surface area contributed by atoms with Crippen LogP contribution in [0.1, 0.15) is 40.9 Å². The van der Waals surface area contributed by atoms with E-state index in [4.69, 9.17) is 39.5 Å². The molecule has 29 nitrogen and oxygen atoms in total. The summed E-state index contributed by atoms with van der Waals surface area (Å²) in [5.74, 6) is -0.129. The van der Waals surface area contributed by atoms with E-state index in [0.717, 1.165) is 39.5 Å². The highest BCUT2D eigenvalue weighted by atomic mass is 32.7. The van der Waals surface area contributed by atoms with Crippen LogP contribution in [-0.2, 0) is 51.3 Å². The molecular weight excluding hydrogens is 1190 g/mol. The number of amides is 1. The Morgan fingerprint density at radius 3 is 2.21 bits per heavy atom. The van der Waals surface area contributed by atoms with Gasteiger partial charge in [0.25, 0.3) is 5.56 Å². The Labute approximate surface area is 495 Å². The van der Waals surface area contributed by atoms with Crippen molar-refractivity contribution in [3.63, 3.8) is 0 Å². The number of nitrogens with two attached hydrogens (primary N) is 2. The Hall–Kier alpha value is -7.90. The summed E-state index contributed by atoms with van der Waals surface area (Å²) >= 11 is 5.18. The molecule has 0 aliphatic carbocycles. The Bertz CT molecular complexity index is 4250. The van der Waals surface area contributed by atoms with Crippen molar-refractivity contribution < 1.29 is 56.9 Å². The van der Waals surface area contributed by atoms with Crippen LogP contribution >= 0.6 is 37.1 Å². The Morgan fingerprint density at radius 2 is 1.47 bits per heavy atom. The van der Waals surface area contributed by atoms with Gasteiger partial charge in [-0.05, 0) is 65.0 Å². The fraction of sp³-hybridized carbons (Fsp3) is 0.283. The molecule has 33 heteroatoms. The lowest BCUT2D eigenvalue weighted by molar-refractivity contribution is -0.116. The van der Waals surface area contributed by atoms with Crippen LogP contribution in [0.15, 0.2) is 121 Å². The summed E-state index contributed by atoms with van der Waals surface area (Å²) in [7, 11) is 0. The first kappa shape index (κ1) is 57.2. The second-order valence-corrected chi connectivity index (χ2v) is 27.8. The molecule has 9 heterocycles. The van der Waals surface area contributed by atoms with Gasteiger partial charge >= 0.3 is 19.4 Å². The summed E-state index contributed by atoms with van der Waals surface area (Å²) in [6, 6.07) is 26.0. The summed E-state index contributed by atoms with van der Waals surface area (Å²) in [5.41, 5.74) is 17.3. The number of rotatable bonds is 11. The maximum absolute atomic E-state index is 15.4. The van der Waals surface area contributed by atoms with Crippen molar-refractivity contribution in [2.75, 3.05) is 36.2 Å². The number of aliphatic hydroxyl groups excluding tert-OH is 2. The van der Waals surface area contributed by atoms with Crippen molar-refractivity contribution in [1.82, 2.24) is 64.2 Å². The number of esters is 1. The van der Waals surface area contributed by atoms with Gasteiger partial charge < -0.3 is 54.6 Å². The summed E-state index contributed by atoms with van der Waals surface area (Å²) < 4.78 is 70.7. The molecule has 9 aromatic rings. The normalized spacial score (nSPS) is 25.6. The first-order valence-corrected chi connectivity index (χ1v) is 32.6. The molecule has 4 aliphatic rings. The molecule has 0 bridgehead atoms. The molecule has 86 heavy (non-hydrogen) atoms. The number of fused-ring (bicyclic) bond motifs is 9.